The Labute approximate surface area is 263 Å². The maximum absolute atomic E-state index is 12.9. The molecular formula is C35H57NO5S2. The minimum Gasteiger partial charge on any atom is -0.494 e. The van der Waals surface area contributed by atoms with Crippen molar-refractivity contribution in [1.82, 2.24) is 0 Å². The number of aryl methyl sites for hydroxylation is 1. The number of hydrogen-bond acceptors (Lipinski definition) is 5. The number of ether oxygens (including phenoxy) is 1. The summed E-state index contributed by atoms with van der Waals surface area (Å²) in [7, 11) is -6.64. The molecule has 0 unspecified atom stereocenters. The summed E-state index contributed by atoms with van der Waals surface area (Å²) in [6, 6.07) is 14.0. The number of unbranched alkanes of at least 4 members (excludes halogenated alkanes) is 14. The van der Waals surface area contributed by atoms with E-state index in [-0.39, 0.29) is 10.6 Å². The number of hydrogen-bond donors (Lipinski definition) is 1. The number of rotatable bonds is 26. The molecule has 0 bridgehead atoms. The molecule has 2 aromatic rings. The van der Waals surface area contributed by atoms with Crippen LogP contribution in [0.3, 0.4) is 0 Å². The monoisotopic (exact) mass is 635 g/mol. The molecule has 0 atom stereocenters. The van der Waals surface area contributed by atoms with E-state index in [1.165, 1.54) is 51.4 Å². The van der Waals surface area contributed by atoms with Crippen LogP contribution in [0.25, 0.3) is 0 Å². The molecule has 43 heavy (non-hydrogen) atoms. The zero-order valence-corrected chi connectivity index (χ0v) is 28.5. The van der Waals surface area contributed by atoms with Crippen molar-refractivity contribution in [3.8, 4) is 5.75 Å². The molecule has 0 aliphatic carbocycles. The number of sulfone groups is 1. The van der Waals surface area contributed by atoms with Gasteiger partial charge in [0.05, 0.1) is 23.0 Å². The average molecular weight is 636 g/mol. The summed E-state index contributed by atoms with van der Waals surface area (Å²) in [6.07, 6.45) is 20.0. The maximum Gasteiger partial charge on any atom is 0.261 e. The number of benzene rings is 2. The van der Waals surface area contributed by atoms with Crippen LogP contribution in [-0.2, 0) is 26.3 Å². The van der Waals surface area contributed by atoms with Gasteiger partial charge in [-0.3, -0.25) is 4.72 Å². The van der Waals surface area contributed by atoms with Gasteiger partial charge in [0.25, 0.3) is 10.0 Å². The summed E-state index contributed by atoms with van der Waals surface area (Å²) in [5, 5.41) is 0. The fraction of sp³-hybridized carbons (Fsp3) is 0.657. The van der Waals surface area contributed by atoms with Crippen LogP contribution >= 0.6 is 0 Å². The predicted octanol–water partition coefficient (Wildman–Crippen LogP) is 9.49. The van der Waals surface area contributed by atoms with Crippen LogP contribution in [0.5, 0.6) is 5.75 Å². The van der Waals surface area contributed by atoms with Crippen molar-refractivity contribution in [2.75, 3.05) is 22.8 Å². The summed E-state index contributed by atoms with van der Waals surface area (Å²) < 4.78 is 58.5. The van der Waals surface area contributed by atoms with Crippen LogP contribution in [0.4, 0.5) is 5.69 Å². The Morgan fingerprint density at radius 3 is 1.60 bits per heavy atom. The topological polar surface area (TPSA) is 89.5 Å². The third-order valence-corrected chi connectivity index (χ3v) is 11.1. The lowest BCUT2D eigenvalue weighted by Crippen LogP contribution is -2.13. The summed E-state index contributed by atoms with van der Waals surface area (Å²) in [5.41, 5.74) is 1.62. The predicted molar refractivity (Wildman–Crippen MR) is 181 cm³/mol. The SMILES string of the molecule is CCCCCCCCCCCCOc1ccc(S(=O)(=O)Nc2ccc(CCCCCS(=O)(=O)CCCCCC)cc2)cc1. The average Bonchev–Trinajstić information content (AvgIpc) is 2.99. The van der Waals surface area contributed by atoms with Gasteiger partial charge in [0.15, 0.2) is 0 Å². The Hall–Kier alpha value is -2.06. The van der Waals surface area contributed by atoms with Crippen LogP contribution in [-0.4, -0.2) is 34.9 Å². The molecule has 0 saturated carbocycles. The van der Waals surface area contributed by atoms with Crippen molar-refractivity contribution in [3.05, 3.63) is 54.1 Å². The van der Waals surface area contributed by atoms with Gasteiger partial charge in [0.2, 0.25) is 0 Å². The Bertz CT molecular complexity index is 1190. The largest absolute Gasteiger partial charge is 0.494 e. The van der Waals surface area contributed by atoms with Crippen LogP contribution in [0.2, 0.25) is 0 Å². The molecule has 2 rings (SSSR count). The standard InChI is InChI=1S/C35H57NO5S2/c1-3-5-7-9-10-11-12-13-14-17-29-41-34-25-27-35(28-26-34)43(39,40)36-33-23-21-32(22-24-33)20-16-15-19-31-42(37,38)30-18-8-6-4-2/h21-28,36H,3-20,29-31H2,1-2H3. The molecule has 0 aliphatic heterocycles. The lowest BCUT2D eigenvalue weighted by molar-refractivity contribution is 0.304. The van der Waals surface area contributed by atoms with E-state index in [9.17, 15) is 16.8 Å². The Morgan fingerprint density at radius 2 is 1.05 bits per heavy atom. The normalized spacial score (nSPS) is 12.0. The van der Waals surface area contributed by atoms with E-state index in [1.54, 1.807) is 36.4 Å². The molecule has 0 saturated heterocycles. The lowest BCUT2D eigenvalue weighted by Gasteiger charge is -2.10. The van der Waals surface area contributed by atoms with E-state index in [4.69, 9.17) is 4.74 Å². The molecule has 0 spiro atoms. The quantitative estimate of drug-likeness (QED) is 0.104. The highest BCUT2D eigenvalue weighted by molar-refractivity contribution is 7.92. The molecule has 8 heteroatoms. The Morgan fingerprint density at radius 1 is 0.558 bits per heavy atom. The highest BCUT2D eigenvalue weighted by Crippen LogP contribution is 2.21. The molecule has 1 N–H and O–H groups in total. The van der Waals surface area contributed by atoms with Gasteiger partial charge >= 0.3 is 0 Å². The van der Waals surface area contributed by atoms with Crippen LogP contribution < -0.4 is 9.46 Å². The first kappa shape index (κ1) is 37.1. The van der Waals surface area contributed by atoms with E-state index in [1.807, 2.05) is 12.1 Å². The molecule has 0 heterocycles. The molecule has 0 radical (unpaired) electrons. The second-order valence-corrected chi connectivity index (χ2v) is 15.8. The van der Waals surface area contributed by atoms with Crippen molar-refractivity contribution in [2.24, 2.45) is 0 Å². The van der Waals surface area contributed by atoms with Gasteiger partial charge in [0.1, 0.15) is 15.6 Å². The van der Waals surface area contributed by atoms with Gasteiger partial charge in [-0.25, -0.2) is 16.8 Å². The zero-order valence-electron chi connectivity index (χ0n) is 26.8. The van der Waals surface area contributed by atoms with Gasteiger partial charge in [0, 0.05) is 5.69 Å². The van der Waals surface area contributed by atoms with E-state index >= 15 is 0 Å². The third-order valence-electron chi connectivity index (χ3n) is 7.84. The van der Waals surface area contributed by atoms with Gasteiger partial charge in [-0.1, -0.05) is 109 Å². The van der Waals surface area contributed by atoms with Crippen LogP contribution in [0.15, 0.2) is 53.4 Å². The van der Waals surface area contributed by atoms with E-state index in [0.29, 0.717) is 30.2 Å². The fourth-order valence-electron chi connectivity index (χ4n) is 5.13. The molecule has 0 amide bonds. The first-order valence-corrected chi connectivity index (χ1v) is 20.1. The van der Waals surface area contributed by atoms with Gasteiger partial charge in [-0.05, 0) is 74.1 Å². The van der Waals surface area contributed by atoms with Crippen molar-refractivity contribution < 1.29 is 21.6 Å². The minimum absolute atomic E-state index is 0.197. The fourth-order valence-corrected chi connectivity index (χ4v) is 7.68. The summed E-state index contributed by atoms with van der Waals surface area (Å²) in [6.45, 7) is 5.01. The number of sulfonamides is 1. The molecule has 0 aromatic heterocycles. The van der Waals surface area contributed by atoms with Gasteiger partial charge in [-0.2, -0.15) is 0 Å². The molecule has 6 nitrogen and oxygen atoms in total. The highest BCUT2D eigenvalue weighted by atomic mass is 32.2. The lowest BCUT2D eigenvalue weighted by atomic mass is 10.1. The molecule has 0 aliphatic rings. The molecular weight excluding hydrogens is 579 g/mol. The Balaban J connectivity index is 1.64. The van der Waals surface area contributed by atoms with Crippen LogP contribution in [0, 0.1) is 0 Å². The maximum atomic E-state index is 12.9. The molecule has 0 fully saturated rings. The summed E-state index contributed by atoms with van der Waals surface area (Å²) in [5.74, 6) is 1.26. The number of nitrogens with one attached hydrogen (secondary N) is 1. The first-order valence-electron chi connectivity index (χ1n) is 16.8. The van der Waals surface area contributed by atoms with E-state index in [0.717, 1.165) is 63.4 Å². The van der Waals surface area contributed by atoms with Crippen molar-refractivity contribution in [2.45, 2.75) is 134 Å². The van der Waals surface area contributed by atoms with Crippen molar-refractivity contribution in [3.63, 3.8) is 0 Å². The minimum atomic E-state index is -3.70. The zero-order chi connectivity index (χ0) is 31.2. The second-order valence-electron chi connectivity index (χ2n) is 11.8. The summed E-state index contributed by atoms with van der Waals surface area (Å²) >= 11 is 0. The molecule has 244 valence electrons. The third kappa shape index (κ3) is 17.1. The van der Waals surface area contributed by atoms with E-state index in [2.05, 4.69) is 18.6 Å². The van der Waals surface area contributed by atoms with Crippen molar-refractivity contribution >= 4 is 25.5 Å². The molecule has 2 aromatic carbocycles. The second kappa shape index (κ2) is 21.6. The summed E-state index contributed by atoms with van der Waals surface area (Å²) in [4.78, 5) is 0.197. The van der Waals surface area contributed by atoms with Crippen molar-refractivity contribution in [1.29, 1.82) is 0 Å². The van der Waals surface area contributed by atoms with Gasteiger partial charge < -0.3 is 4.74 Å². The highest BCUT2D eigenvalue weighted by Gasteiger charge is 2.14. The smallest absolute Gasteiger partial charge is 0.261 e. The van der Waals surface area contributed by atoms with E-state index < -0.39 is 19.9 Å². The van der Waals surface area contributed by atoms with Gasteiger partial charge in [-0.15, -0.1) is 0 Å². The Kier molecular flexibility index (Phi) is 18.7. The first-order chi connectivity index (χ1) is 20.8. The number of anilines is 1. The van der Waals surface area contributed by atoms with Crippen LogP contribution in [0.1, 0.15) is 129 Å².